The fraction of sp³-hybridized carbons (Fsp3) is 0.318. The highest BCUT2D eigenvalue weighted by molar-refractivity contribution is 7.89. The molecule has 1 fully saturated rings. The van der Waals surface area contributed by atoms with Gasteiger partial charge in [0.25, 0.3) is 0 Å². The minimum Gasteiger partial charge on any atom is -0.347 e. The molecule has 0 aliphatic carbocycles. The molecule has 1 saturated heterocycles. The van der Waals surface area contributed by atoms with Crippen molar-refractivity contribution in [3.8, 4) is 11.1 Å². The van der Waals surface area contributed by atoms with Crippen LogP contribution in [0.4, 0.5) is 5.95 Å². The van der Waals surface area contributed by atoms with Crippen LogP contribution in [0.2, 0.25) is 5.02 Å². The van der Waals surface area contributed by atoms with Gasteiger partial charge in [0.2, 0.25) is 16.0 Å². The molecule has 1 aliphatic heterocycles. The van der Waals surface area contributed by atoms with Gasteiger partial charge in [-0.15, -0.1) is 0 Å². The zero-order valence-corrected chi connectivity index (χ0v) is 19.2. The molecule has 0 unspecified atom stereocenters. The minimum atomic E-state index is -3.71. The average Bonchev–Trinajstić information content (AvgIpc) is 3.25. The molecule has 0 spiro atoms. The maximum Gasteiger partial charge on any atom is 0.243 e. The largest absolute Gasteiger partial charge is 0.347 e. The zero-order valence-electron chi connectivity index (χ0n) is 17.7. The number of hydrogen-bond donors (Lipinski definition) is 0. The van der Waals surface area contributed by atoms with Crippen LogP contribution in [0.15, 0.2) is 53.8 Å². The average molecular weight is 458 g/mol. The second kappa shape index (κ2) is 8.53. The van der Waals surface area contributed by atoms with Gasteiger partial charge in [-0.25, -0.2) is 18.4 Å². The van der Waals surface area contributed by atoms with Gasteiger partial charge in [0.15, 0.2) is 0 Å². The van der Waals surface area contributed by atoms with Crippen molar-refractivity contribution < 1.29 is 8.42 Å². The number of nitrogens with zero attached hydrogens (tertiary/aromatic N) is 5. The van der Waals surface area contributed by atoms with E-state index in [0.29, 0.717) is 29.6 Å². The fourth-order valence-electron chi connectivity index (χ4n) is 3.88. The van der Waals surface area contributed by atoms with Crippen molar-refractivity contribution in [1.29, 1.82) is 0 Å². The van der Waals surface area contributed by atoms with Gasteiger partial charge >= 0.3 is 0 Å². The van der Waals surface area contributed by atoms with Crippen molar-refractivity contribution in [3.63, 3.8) is 0 Å². The normalized spacial score (nSPS) is 17.1. The Morgan fingerprint density at radius 1 is 1.10 bits per heavy atom. The van der Waals surface area contributed by atoms with Crippen molar-refractivity contribution in [2.75, 3.05) is 25.5 Å². The Hall–Kier alpha value is -2.55. The molecule has 1 atom stereocenters. The third-order valence-corrected chi connectivity index (χ3v) is 7.63. The van der Waals surface area contributed by atoms with Crippen LogP contribution in [0.5, 0.6) is 0 Å². The highest BCUT2D eigenvalue weighted by atomic mass is 35.5. The summed E-state index contributed by atoms with van der Waals surface area (Å²) in [4.78, 5) is 15.5. The summed E-state index contributed by atoms with van der Waals surface area (Å²) < 4.78 is 28.5. The standard InChI is InChI=1S/C22H24ClN5O2S/c1-15-13-24-11-10-18(15)19-14-25-22(27(2)3)26-21(19)20-5-4-12-28(20)31(29,30)17-8-6-16(23)7-9-17/h6-11,13-14,20H,4-5,12H2,1-3H3/t20-/m1/s1. The van der Waals surface area contributed by atoms with Crippen LogP contribution < -0.4 is 4.90 Å². The molecule has 0 radical (unpaired) electrons. The van der Waals surface area contributed by atoms with Gasteiger partial charge in [0.1, 0.15) is 0 Å². The number of rotatable bonds is 5. The first kappa shape index (κ1) is 21.7. The van der Waals surface area contributed by atoms with Gasteiger partial charge in [0, 0.05) is 49.8 Å². The maximum atomic E-state index is 13.5. The SMILES string of the molecule is Cc1cnccc1-c1cnc(N(C)C)nc1[C@H]1CCCN1S(=O)(=O)c1ccc(Cl)cc1. The van der Waals surface area contributed by atoms with E-state index in [1.54, 1.807) is 47.2 Å². The van der Waals surface area contributed by atoms with Gasteiger partial charge < -0.3 is 4.90 Å². The Balaban J connectivity index is 1.84. The van der Waals surface area contributed by atoms with Gasteiger partial charge in [-0.05, 0) is 61.2 Å². The summed E-state index contributed by atoms with van der Waals surface area (Å²) >= 11 is 5.96. The summed E-state index contributed by atoms with van der Waals surface area (Å²) in [6, 6.07) is 7.82. The van der Waals surface area contributed by atoms with Crippen LogP contribution in [0.1, 0.15) is 30.1 Å². The lowest BCUT2D eigenvalue weighted by molar-refractivity contribution is 0.391. The lowest BCUT2D eigenvalue weighted by Crippen LogP contribution is -2.31. The molecular formula is C22H24ClN5O2S. The molecule has 1 aliphatic rings. The molecular weight excluding hydrogens is 434 g/mol. The van der Waals surface area contributed by atoms with Gasteiger partial charge in [-0.2, -0.15) is 4.31 Å². The van der Waals surface area contributed by atoms with E-state index in [1.807, 2.05) is 32.0 Å². The number of sulfonamides is 1. The second-order valence-corrected chi connectivity index (χ2v) is 10.1. The minimum absolute atomic E-state index is 0.229. The Bertz CT molecular complexity index is 1200. The van der Waals surface area contributed by atoms with E-state index in [1.165, 1.54) is 0 Å². The predicted octanol–water partition coefficient (Wildman–Crippen LogP) is 4.09. The van der Waals surface area contributed by atoms with Crippen LogP contribution in [-0.2, 0) is 10.0 Å². The van der Waals surface area contributed by atoms with E-state index in [9.17, 15) is 8.42 Å². The maximum absolute atomic E-state index is 13.5. The number of aryl methyl sites for hydroxylation is 1. The Morgan fingerprint density at radius 3 is 2.52 bits per heavy atom. The van der Waals surface area contributed by atoms with E-state index in [0.717, 1.165) is 23.1 Å². The number of hydrogen-bond acceptors (Lipinski definition) is 6. The predicted molar refractivity (Wildman–Crippen MR) is 122 cm³/mol. The van der Waals surface area contributed by atoms with Crippen LogP contribution in [-0.4, -0.2) is 48.3 Å². The molecule has 2 aromatic heterocycles. The first-order chi connectivity index (χ1) is 14.8. The third-order valence-electron chi connectivity index (χ3n) is 5.46. The van der Waals surface area contributed by atoms with Crippen LogP contribution in [0.3, 0.4) is 0 Å². The molecule has 4 rings (SSSR count). The number of halogens is 1. The van der Waals surface area contributed by atoms with Crippen LogP contribution in [0.25, 0.3) is 11.1 Å². The van der Waals surface area contributed by atoms with Gasteiger partial charge in [0.05, 0.1) is 16.6 Å². The first-order valence-electron chi connectivity index (χ1n) is 10.0. The van der Waals surface area contributed by atoms with Crippen LogP contribution in [0, 0.1) is 6.92 Å². The van der Waals surface area contributed by atoms with Crippen LogP contribution >= 0.6 is 11.6 Å². The summed E-state index contributed by atoms with van der Waals surface area (Å²) in [6.07, 6.45) is 6.74. The monoisotopic (exact) mass is 457 g/mol. The Kier molecular flexibility index (Phi) is 5.96. The lowest BCUT2D eigenvalue weighted by atomic mass is 9.98. The Morgan fingerprint density at radius 2 is 1.84 bits per heavy atom. The summed E-state index contributed by atoms with van der Waals surface area (Å²) in [5.41, 5.74) is 3.47. The number of aromatic nitrogens is 3. The van der Waals surface area contributed by atoms with Crippen molar-refractivity contribution >= 4 is 27.6 Å². The fourth-order valence-corrected chi connectivity index (χ4v) is 5.67. The molecule has 9 heteroatoms. The van der Waals surface area contributed by atoms with Crippen molar-refractivity contribution in [2.45, 2.75) is 30.7 Å². The summed E-state index contributed by atoms with van der Waals surface area (Å²) in [5, 5.41) is 0.499. The second-order valence-electron chi connectivity index (χ2n) is 7.78. The molecule has 3 heterocycles. The number of pyridine rings is 1. The van der Waals surface area contributed by atoms with Crippen molar-refractivity contribution in [1.82, 2.24) is 19.3 Å². The number of benzene rings is 1. The molecule has 162 valence electrons. The van der Waals surface area contributed by atoms with Crippen molar-refractivity contribution in [2.24, 2.45) is 0 Å². The molecule has 3 aromatic rings. The Labute approximate surface area is 187 Å². The summed E-state index contributed by atoms with van der Waals surface area (Å²) in [6.45, 7) is 2.41. The highest BCUT2D eigenvalue weighted by Gasteiger charge is 2.38. The van der Waals surface area contributed by atoms with E-state index >= 15 is 0 Å². The molecule has 0 amide bonds. The summed E-state index contributed by atoms with van der Waals surface area (Å²) in [5.74, 6) is 0.543. The molecule has 0 N–H and O–H groups in total. The van der Waals surface area contributed by atoms with E-state index in [-0.39, 0.29) is 10.9 Å². The topological polar surface area (TPSA) is 79.3 Å². The van der Waals surface area contributed by atoms with Gasteiger partial charge in [-0.1, -0.05) is 11.6 Å². The van der Waals surface area contributed by atoms with E-state index < -0.39 is 10.0 Å². The van der Waals surface area contributed by atoms with E-state index in [4.69, 9.17) is 16.6 Å². The van der Waals surface area contributed by atoms with Gasteiger partial charge in [-0.3, -0.25) is 4.98 Å². The molecule has 31 heavy (non-hydrogen) atoms. The first-order valence-corrected chi connectivity index (χ1v) is 11.8. The zero-order chi connectivity index (χ0) is 22.2. The summed E-state index contributed by atoms with van der Waals surface area (Å²) in [7, 11) is 0.0302. The highest BCUT2D eigenvalue weighted by Crippen LogP contribution is 2.40. The number of anilines is 1. The molecule has 0 bridgehead atoms. The van der Waals surface area contributed by atoms with Crippen molar-refractivity contribution in [3.05, 3.63) is 65.2 Å². The lowest BCUT2D eigenvalue weighted by Gasteiger charge is -2.26. The third kappa shape index (κ3) is 4.15. The quantitative estimate of drug-likeness (QED) is 0.574. The smallest absolute Gasteiger partial charge is 0.243 e. The van der Waals surface area contributed by atoms with E-state index in [2.05, 4.69) is 9.97 Å². The molecule has 7 nitrogen and oxygen atoms in total. The molecule has 0 saturated carbocycles. The molecule has 1 aromatic carbocycles.